The summed E-state index contributed by atoms with van der Waals surface area (Å²) < 4.78 is 16.2. The molecule has 0 unspecified atom stereocenters. The number of methoxy groups -OCH3 is 3. The van der Waals surface area contributed by atoms with Gasteiger partial charge in [-0.15, -0.1) is 0 Å². The summed E-state index contributed by atoms with van der Waals surface area (Å²) in [6.45, 7) is 0. The topological polar surface area (TPSA) is 44.8 Å². The Hall–Kier alpha value is -2.75. The van der Waals surface area contributed by atoms with E-state index in [1.165, 1.54) is 0 Å². The first-order valence-corrected chi connectivity index (χ1v) is 8.77. The molecule has 2 aromatic rings. The summed E-state index contributed by atoms with van der Waals surface area (Å²) in [6, 6.07) is 13.8. The Balaban J connectivity index is 1.95. The Morgan fingerprint density at radius 2 is 1.62 bits per heavy atom. The summed E-state index contributed by atoms with van der Waals surface area (Å²) in [5.41, 5.74) is 2.81. The molecule has 3 rings (SSSR count). The van der Waals surface area contributed by atoms with E-state index in [9.17, 15) is 4.79 Å². The van der Waals surface area contributed by atoms with Crippen molar-refractivity contribution in [3.8, 4) is 17.2 Å². The van der Waals surface area contributed by atoms with Gasteiger partial charge in [0.25, 0.3) is 0 Å². The smallest absolute Gasteiger partial charge is 0.203 e. The average molecular weight is 352 g/mol. The molecule has 1 atom stereocenters. The first kappa shape index (κ1) is 18.1. The Kier molecular flexibility index (Phi) is 5.61. The van der Waals surface area contributed by atoms with Crippen molar-refractivity contribution >= 4 is 11.9 Å². The number of allylic oxidation sites excluding steroid dienone is 1. The highest BCUT2D eigenvalue weighted by atomic mass is 16.5. The van der Waals surface area contributed by atoms with E-state index >= 15 is 0 Å². The molecule has 26 heavy (non-hydrogen) atoms. The Bertz CT molecular complexity index is 783. The highest BCUT2D eigenvalue weighted by Crippen LogP contribution is 2.40. The lowest BCUT2D eigenvalue weighted by molar-refractivity contribution is -0.117. The van der Waals surface area contributed by atoms with Crippen molar-refractivity contribution in [2.45, 2.75) is 25.2 Å². The van der Waals surface area contributed by atoms with Gasteiger partial charge in [-0.1, -0.05) is 30.3 Å². The van der Waals surface area contributed by atoms with Crippen LogP contribution in [0.25, 0.3) is 6.08 Å². The van der Waals surface area contributed by atoms with Crippen LogP contribution in [0.2, 0.25) is 0 Å². The predicted octanol–water partition coefficient (Wildman–Crippen LogP) is 4.63. The van der Waals surface area contributed by atoms with Gasteiger partial charge in [-0.2, -0.15) is 0 Å². The van der Waals surface area contributed by atoms with E-state index < -0.39 is 0 Å². The van der Waals surface area contributed by atoms with Crippen molar-refractivity contribution in [3.63, 3.8) is 0 Å². The maximum Gasteiger partial charge on any atom is 0.203 e. The number of ether oxygens (including phenoxy) is 3. The normalized spacial score (nSPS) is 18.7. The summed E-state index contributed by atoms with van der Waals surface area (Å²) in [4.78, 5) is 13.0. The second-order valence-corrected chi connectivity index (χ2v) is 6.35. The summed E-state index contributed by atoms with van der Waals surface area (Å²) in [5.74, 6) is 1.87. The molecule has 1 aliphatic carbocycles. The van der Waals surface area contributed by atoms with Crippen LogP contribution in [-0.4, -0.2) is 27.1 Å². The molecule has 2 aromatic carbocycles. The number of rotatable bonds is 5. The van der Waals surface area contributed by atoms with Gasteiger partial charge in [0.05, 0.1) is 21.3 Å². The monoisotopic (exact) mass is 352 g/mol. The maximum atomic E-state index is 13.0. The second kappa shape index (κ2) is 8.09. The number of ketones is 1. The molecule has 0 saturated heterocycles. The van der Waals surface area contributed by atoms with Crippen LogP contribution in [0.3, 0.4) is 0 Å². The van der Waals surface area contributed by atoms with Gasteiger partial charge in [-0.3, -0.25) is 4.79 Å². The molecule has 0 heterocycles. The molecular weight excluding hydrogens is 328 g/mol. The molecule has 4 heteroatoms. The number of hydrogen-bond donors (Lipinski definition) is 0. The van der Waals surface area contributed by atoms with E-state index in [1.54, 1.807) is 21.3 Å². The first-order valence-electron chi connectivity index (χ1n) is 8.77. The Morgan fingerprint density at radius 1 is 0.962 bits per heavy atom. The molecule has 1 aliphatic rings. The van der Waals surface area contributed by atoms with Crippen molar-refractivity contribution in [1.82, 2.24) is 0 Å². The minimum absolute atomic E-state index is 0.0572. The molecule has 0 amide bonds. The Morgan fingerprint density at radius 3 is 2.19 bits per heavy atom. The van der Waals surface area contributed by atoms with Gasteiger partial charge in [0.2, 0.25) is 5.75 Å². The van der Waals surface area contributed by atoms with Crippen LogP contribution in [0.5, 0.6) is 17.2 Å². The lowest BCUT2D eigenvalue weighted by Gasteiger charge is -2.23. The number of hydrogen-bond acceptors (Lipinski definition) is 4. The Labute approximate surface area is 154 Å². The van der Waals surface area contributed by atoms with E-state index in [1.807, 2.05) is 48.5 Å². The predicted molar refractivity (Wildman–Crippen MR) is 102 cm³/mol. The van der Waals surface area contributed by atoms with Crippen LogP contribution in [0.1, 0.15) is 36.3 Å². The van der Waals surface area contributed by atoms with Crippen molar-refractivity contribution in [2.24, 2.45) is 0 Å². The molecule has 0 bridgehead atoms. The van der Waals surface area contributed by atoms with Crippen LogP contribution in [0.4, 0.5) is 0 Å². The minimum Gasteiger partial charge on any atom is -0.493 e. The van der Waals surface area contributed by atoms with E-state index in [0.717, 1.165) is 36.0 Å². The molecule has 4 nitrogen and oxygen atoms in total. The molecule has 0 spiro atoms. The summed E-state index contributed by atoms with van der Waals surface area (Å²) in [7, 11) is 4.75. The first-order chi connectivity index (χ1) is 12.7. The van der Waals surface area contributed by atoms with E-state index in [0.29, 0.717) is 17.2 Å². The van der Waals surface area contributed by atoms with Crippen LogP contribution < -0.4 is 14.2 Å². The van der Waals surface area contributed by atoms with Crippen molar-refractivity contribution in [1.29, 1.82) is 0 Å². The van der Waals surface area contributed by atoms with Crippen LogP contribution >= 0.6 is 0 Å². The number of carbonyl (C=O) groups excluding carboxylic acids is 1. The highest BCUT2D eigenvalue weighted by molar-refractivity contribution is 6.04. The van der Waals surface area contributed by atoms with Gasteiger partial charge in [0, 0.05) is 5.92 Å². The largest absolute Gasteiger partial charge is 0.493 e. The standard InChI is InChI=1S/C22H24O4/c1-24-19-13-15(14-20(25-2)22(19)26-3)12-17-10-7-11-18(21(17)23)16-8-5-4-6-9-16/h4-6,8-9,12-14,18H,7,10-11H2,1-3H3/b17-12+/t18-/m0/s1. The second-order valence-electron chi connectivity index (χ2n) is 6.35. The average Bonchev–Trinajstić information content (AvgIpc) is 2.69. The fourth-order valence-electron chi connectivity index (χ4n) is 3.51. The fraction of sp³-hybridized carbons (Fsp3) is 0.318. The molecule has 0 N–H and O–H groups in total. The maximum absolute atomic E-state index is 13.0. The molecule has 0 radical (unpaired) electrons. The summed E-state index contributed by atoms with van der Waals surface area (Å²) >= 11 is 0. The lowest BCUT2D eigenvalue weighted by atomic mass is 9.79. The van der Waals surface area contributed by atoms with Gasteiger partial charge in [-0.25, -0.2) is 0 Å². The van der Waals surface area contributed by atoms with Crippen molar-refractivity contribution in [2.75, 3.05) is 21.3 Å². The minimum atomic E-state index is -0.0572. The number of benzene rings is 2. The van der Waals surface area contributed by atoms with Gasteiger partial charge in [0.1, 0.15) is 0 Å². The third-order valence-electron chi connectivity index (χ3n) is 4.80. The molecule has 0 aromatic heterocycles. The van der Waals surface area contributed by atoms with Gasteiger partial charge < -0.3 is 14.2 Å². The zero-order chi connectivity index (χ0) is 18.5. The van der Waals surface area contributed by atoms with Crippen LogP contribution in [0.15, 0.2) is 48.0 Å². The zero-order valence-electron chi connectivity index (χ0n) is 15.5. The number of carbonyl (C=O) groups is 1. The quantitative estimate of drug-likeness (QED) is 0.736. The van der Waals surface area contributed by atoms with Crippen LogP contribution in [0, 0.1) is 0 Å². The third-order valence-corrected chi connectivity index (χ3v) is 4.80. The third kappa shape index (κ3) is 3.59. The molecule has 136 valence electrons. The van der Waals surface area contributed by atoms with Gasteiger partial charge >= 0.3 is 0 Å². The SMILES string of the molecule is COc1cc(/C=C2\CCC[C@@H](c3ccccc3)C2=O)cc(OC)c1OC. The van der Waals surface area contributed by atoms with Crippen LogP contribution in [-0.2, 0) is 4.79 Å². The zero-order valence-corrected chi connectivity index (χ0v) is 15.5. The summed E-state index contributed by atoms with van der Waals surface area (Å²) in [5, 5.41) is 0. The lowest BCUT2D eigenvalue weighted by Crippen LogP contribution is -2.19. The molecule has 0 aliphatic heterocycles. The number of Topliss-reactive ketones (excluding diaryl/α,β-unsaturated/α-hetero) is 1. The fourth-order valence-corrected chi connectivity index (χ4v) is 3.51. The molecule has 1 fully saturated rings. The van der Waals surface area contributed by atoms with Crippen molar-refractivity contribution < 1.29 is 19.0 Å². The van der Waals surface area contributed by atoms with E-state index in [2.05, 4.69) is 0 Å². The van der Waals surface area contributed by atoms with Gasteiger partial charge in [-0.05, 0) is 54.2 Å². The van der Waals surface area contributed by atoms with Gasteiger partial charge in [0.15, 0.2) is 17.3 Å². The summed E-state index contributed by atoms with van der Waals surface area (Å²) in [6.07, 6.45) is 4.64. The van der Waals surface area contributed by atoms with E-state index in [4.69, 9.17) is 14.2 Å². The highest BCUT2D eigenvalue weighted by Gasteiger charge is 2.27. The molecular formula is C22H24O4. The van der Waals surface area contributed by atoms with Crippen molar-refractivity contribution in [3.05, 3.63) is 59.2 Å². The van der Waals surface area contributed by atoms with E-state index in [-0.39, 0.29) is 11.7 Å². The molecule has 1 saturated carbocycles.